The highest BCUT2D eigenvalue weighted by Gasteiger charge is 2.20. The van der Waals surface area contributed by atoms with Crippen molar-refractivity contribution in [2.75, 3.05) is 0 Å². The Hall–Kier alpha value is -1.60. The number of aliphatic carboxylic acids is 1. The second kappa shape index (κ2) is 7.26. The average Bonchev–Trinajstić information content (AvgIpc) is 2.78. The molecule has 1 aromatic rings. The zero-order valence-corrected chi connectivity index (χ0v) is 11.8. The summed E-state index contributed by atoms with van der Waals surface area (Å²) in [5.41, 5.74) is 0. The molecule has 1 amide bonds. The van der Waals surface area contributed by atoms with Gasteiger partial charge in [-0.2, -0.15) is 0 Å². The summed E-state index contributed by atoms with van der Waals surface area (Å²) in [7, 11) is 0.334. The van der Waals surface area contributed by atoms with Crippen LogP contribution < -0.4 is 5.32 Å². The molecule has 2 atom stereocenters. The fraction of sp³-hybridized carbons (Fsp3) is 0.385. The quantitative estimate of drug-likeness (QED) is 0.625. The molecule has 0 spiro atoms. The van der Waals surface area contributed by atoms with Gasteiger partial charge in [0, 0.05) is 10.8 Å². The average molecular weight is 293 g/mol. The largest absolute Gasteiger partial charge is 0.481 e. The Morgan fingerprint density at radius 3 is 3.10 bits per heavy atom. The number of carbonyl (C=O) groups is 2. The summed E-state index contributed by atoms with van der Waals surface area (Å²) < 4.78 is 5.48. The zero-order chi connectivity index (χ0) is 14.4. The molecular weight excluding hydrogens is 277 g/mol. The van der Waals surface area contributed by atoms with Crippen molar-refractivity contribution in [3.05, 3.63) is 34.5 Å². The number of carbonyl (C=O) groups excluding carboxylic acids is 1. The number of hydrogen-bond acceptors (Lipinski definition) is 4. The molecule has 2 rings (SSSR count). The van der Waals surface area contributed by atoms with Crippen molar-refractivity contribution in [1.29, 1.82) is 0 Å². The van der Waals surface area contributed by atoms with Gasteiger partial charge in [0.25, 0.3) is 7.48 Å². The lowest BCUT2D eigenvalue weighted by atomic mass is 9.85. The van der Waals surface area contributed by atoms with Gasteiger partial charge >= 0.3 is 5.97 Å². The van der Waals surface area contributed by atoms with Gasteiger partial charge in [-0.25, -0.2) is 0 Å². The van der Waals surface area contributed by atoms with Crippen molar-refractivity contribution in [2.24, 2.45) is 0 Å². The van der Waals surface area contributed by atoms with Crippen LogP contribution in [0.5, 0.6) is 0 Å². The first-order chi connectivity index (χ1) is 9.63. The Morgan fingerprint density at radius 2 is 2.40 bits per heavy atom. The summed E-state index contributed by atoms with van der Waals surface area (Å²) in [6.07, 6.45) is 4.19. The van der Waals surface area contributed by atoms with E-state index in [1.165, 1.54) is 0 Å². The van der Waals surface area contributed by atoms with Crippen molar-refractivity contribution in [3.63, 3.8) is 0 Å². The van der Waals surface area contributed by atoms with Crippen LogP contribution in [0.3, 0.4) is 0 Å². The number of nitrogens with one attached hydrogen (secondary N) is 1. The van der Waals surface area contributed by atoms with Crippen LogP contribution >= 0.6 is 11.3 Å². The van der Waals surface area contributed by atoms with Gasteiger partial charge in [-0.05, 0) is 17.9 Å². The minimum absolute atomic E-state index is 0.0360. The number of carboxylic acid groups (broad SMARTS) is 1. The first-order valence-corrected chi connectivity index (χ1v) is 7.33. The summed E-state index contributed by atoms with van der Waals surface area (Å²) in [5, 5.41) is 13.6. The minimum Gasteiger partial charge on any atom is -0.481 e. The van der Waals surface area contributed by atoms with Crippen molar-refractivity contribution in [3.8, 4) is 0 Å². The monoisotopic (exact) mass is 293 g/mol. The third kappa shape index (κ3) is 4.83. The van der Waals surface area contributed by atoms with Crippen LogP contribution in [0.25, 0.3) is 0 Å². The van der Waals surface area contributed by atoms with Gasteiger partial charge in [0.1, 0.15) is 0 Å². The maximum absolute atomic E-state index is 11.9. The van der Waals surface area contributed by atoms with E-state index in [4.69, 9.17) is 9.76 Å². The highest BCUT2D eigenvalue weighted by atomic mass is 32.1. The summed E-state index contributed by atoms with van der Waals surface area (Å²) in [4.78, 5) is 23.5. The highest BCUT2D eigenvalue weighted by Crippen LogP contribution is 2.11. The number of thiophene rings is 1. The summed E-state index contributed by atoms with van der Waals surface area (Å²) in [6.45, 7) is 0. The van der Waals surface area contributed by atoms with Crippen molar-refractivity contribution in [1.82, 2.24) is 5.32 Å². The van der Waals surface area contributed by atoms with Crippen molar-refractivity contribution in [2.45, 2.75) is 31.3 Å². The number of hydrogen-bond donors (Lipinski definition) is 2. The van der Waals surface area contributed by atoms with Gasteiger partial charge in [0.15, 0.2) is 0 Å². The Balaban J connectivity index is 1.78. The summed E-state index contributed by atoms with van der Waals surface area (Å²) in [6, 6.07) is 3.85. The normalized spacial score (nSPS) is 21.8. The van der Waals surface area contributed by atoms with Gasteiger partial charge in [-0.15, -0.1) is 11.3 Å². The number of amides is 1. The third-order valence-corrected chi connectivity index (χ3v) is 3.82. The highest BCUT2D eigenvalue weighted by molar-refractivity contribution is 7.10. The predicted molar refractivity (Wildman–Crippen MR) is 78.0 cm³/mol. The van der Waals surface area contributed by atoms with Crippen LogP contribution in [0.15, 0.2) is 29.7 Å². The van der Waals surface area contributed by atoms with E-state index in [9.17, 15) is 9.59 Å². The van der Waals surface area contributed by atoms with E-state index in [0.29, 0.717) is 20.3 Å². The molecule has 5 nitrogen and oxygen atoms in total. The van der Waals surface area contributed by atoms with Crippen molar-refractivity contribution >= 4 is 30.7 Å². The van der Waals surface area contributed by atoms with E-state index < -0.39 is 12.1 Å². The molecule has 0 fully saturated rings. The lowest BCUT2D eigenvalue weighted by molar-refractivity contribution is -0.138. The lowest BCUT2D eigenvalue weighted by Gasteiger charge is -2.16. The van der Waals surface area contributed by atoms with E-state index >= 15 is 0 Å². The summed E-state index contributed by atoms with van der Waals surface area (Å²) >= 11 is 1.55. The van der Waals surface area contributed by atoms with E-state index in [-0.39, 0.29) is 18.3 Å². The first-order valence-electron chi connectivity index (χ1n) is 6.45. The molecule has 7 heteroatoms. The van der Waals surface area contributed by atoms with E-state index in [0.717, 1.165) is 4.88 Å². The van der Waals surface area contributed by atoms with Gasteiger partial charge in [0.2, 0.25) is 5.91 Å². The molecular formula is C13H16BNO4S. The number of rotatable bonds is 5. The van der Waals surface area contributed by atoms with E-state index in [1.807, 2.05) is 23.6 Å². The fourth-order valence-corrected chi connectivity index (χ4v) is 2.71. The van der Waals surface area contributed by atoms with Gasteiger partial charge in [-0.3, -0.25) is 9.59 Å². The molecule has 1 aromatic heterocycles. The molecule has 20 heavy (non-hydrogen) atoms. The predicted octanol–water partition coefficient (Wildman–Crippen LogP) is 0.904. The molecule has 2 N–H and O–H groups in total. The standard InChI is InChI=1S/C13H16BNO4S/c16-12(8-10-4-2-6-20-10)15-11-5-1-3-9(19-14-11)7-13(17)18/h1-4,6,9,11,14H,5,7-8H2,(H,15,16)(H,17,18). The Morgan fingerprint density at radius 1 is 1.55 bits per heavy atom. The van der Waals surface area contributed by atoms with Crippen molar-refractivity contribution < 1.29 is 19.3 Å². The molecule has 0 aliphatic carbocycles. The van der Waals surface area contributed by atoms with Gasteiger partial charge in [-0.1, -0.05) is 18.2 Å². The molecule has 2 unspecified atom stereocenters. The third-order valence-electron chi connectivity index (χ3n) is 2.94. The molecule has 2 heterocycles. The zero-order valence-electron chi connectivity index (χ0n) is 11.0. The van der Waals surface area contributed by atoms with Gasteiger partial charge < -0.3 is 15.1 Å². The molecule has 0 aromatic carbocycles. The number of carboxylic acids is 1. The molecule has 106 valence electrons. The molecule has 0 bridgehead atoms. The Kier molecular flexibility index (Phi) is 5.37. The maximum atomic E-state index is 11.9. The molecule has 0 saturated carbocycles. The first kappa shape index (κ1) is 14.8. The minimum atomic E-state index is -0.889. The van der Waals surface area contributed by atoms with E-state index in [2.05, 4.69) is 5.32 Å². The SMILES string of the molecule is O=C(O)CC1C=CCC(NC(=O)Cc2cccs2)BO1. The van der Waals surface area contributed by atoms with Crippen LogP contribution in [-0.2, 0) is 20.7 Å². The second-order valence-corrected chi connectivity index (χ2v) is 5.69. The Labute approximate surface area is 121 Å². The molecule has 1 aliphatic rings. The van der Waals surface area contributed by atoms with E-state index in [1.54, 1.807) is 17.4 Å². The smallest absolute Gasteiger partial charge is 0.306 e. The molecule has 0 radical (unpaired) electrons. The topological polar surface area (TPSA) is 75.6 Å². The fourth-order valence-electron chi connectivity index (χ4n) is 2.01. The van der Waals surface area contributed by atoms with Crippen LogP contribution in [0.2, 0.25) is 0 Å². The maximum Gasteiger partial charge on any atom is 0.306 e. The van der Waals surface area contributed by atoms with Crippen LogP contribution in [0, 0.1) is 0 Å². The van der Waals surface area contributed by atoms with Crippen LogP contribution in [0.1, 0.15) is 17.7 Å². The lowest BCUT2D eigenvalue weighted by Crippen LogP contribution is -2.40. The molecule has 1 aliphatic heterocycles. The second-order valence-electron chi connectivity index (χ2n) is 4.65. The van der Waals surface area contributed by atoms with Crippen LogP contribution in [0.4, 0.5) is 0 Å². The summed E-state index contributed by atoms with van der Waals surface area (Å²) in [5.74, 6) is -1.02. The molecule has 0 saturated heterocycles. The Bertz CT molecular complexity index is 489. The van der Waals surface area contributed by atoms with Gasteiger partial charge in [0.05, 0.1) is 18.9 Å². The van der Waals surface area contributed by atoms with Crippen LogP contribution in [-0.4, -0.2) is 36.5 Å².